The van der Waals surface area contributed by atoms with Crippen molar-refractivity contribution in [1.29, 1.82) is 0 Å². The molecule has 0 saturated heterocycles. The second-order valence-electron chi connectivity index (χ2n) is 4.08. The molecule has 8 heteroatoms. The van der Waals surface area contributed by atoms with Crippen molar-refractivity contribution in [3.63, 3.8) is 0 Å². The van der Waals surface area contributed by atoms with Gasteiger partial charge in [-0.1, -0.05) is 11.6 Å². The Hall–Kier alpha value is -0.370. The number of hydrogen-bond donors (Lipinski definition) is 1. The summed E-state index contributed by atoms with van der Waals surface area (Å²) in [5, 5.41) is -0.0137. The van der Waals surface area contributed by atoms with Gasteiger partial charge in [0.25, 0.3) is 0 Å². The van der Waals surface area contributed by atoms with E-state index in [1.807, 2.05) is 13.8 Å². The molecule has 0 saturated carbocycles. The average Bonchev–Trinajstić information content (AvgIpc) is 2.22. The minimum atomic E-state index is -3.60. The maximum atomic E-state index is 13.0. The van der Waals surface area contributed by atoms with Gasteiger partial charge >= 0.3 is 0 Å². The lowest BCUT2D eigenvalue weighted by Gasteiger charge is -2.12. The highest BCUT2D eigenvalue weighted by atomic mass is 79.9. The van der Waals surface area contributed by atoms with E-state index in [4.69, 9.17) is 16.3 Å². The van der Waals surface area contributed by atoms with E-state index in [0.29, 0.717) is 0 Å². The molecule has 0 heterocycles. The largest absolute Gasteiger partial charge is 0.378 e. The van der Waals surface area contributed by atoms with Crippen LogP contribution in [0.5, 0.6) is 0 Å². The van der Waals surface area contributed by atoms with Gasteiger partial charge in [0, 0.05) is 4.47 Å². The van der Waals surface area contributed by atoms with Gasteiger partial charge in [-0.3, -0.25) is 4.72 Å². The first-order chi connectivity index (χ1) is 8.71. The van der Waals surface area contributed by atoms with E-state index in [9.17, 15) is 12.8 Å². The molecular formula is C11H14BrClFNO3S. The van der Waals surface area contributed by atoms with Gasteiger partial charge in [0.2, 0.25) is 10.0 Å². The first-order valence-electron chi connectivity index (χ1n) is 5.48. The Balaban J connectivity index is 2.79. The van der Waals surface area contributed by atoms with Crippen LogP contribution in [0.2, 0.25) is 5.02 Å². The molecule has 19 heavy (non-hydrogen) atoms. The van der Waals surface area contributed by atoms with Crippen LogP contribution in [-0.2, 0) is 14.8 Å². The lowest BCUT2D eigenvalue weighted by atomic mass is 10.3. The van der Waals surface area contributed by atoms with Crippen molar-refractivity contribution in [2.24, 2.45) is 0 Å². The van der Waals surface area contributed by atoms with Crippen molar-refractivity contribution >= 4 is 43.2 Å². The summed E-state index contributed by atoms with van der Waals surface area (Å²) in [7, 11) is -3.60. The zero-order valence-corrected chi connectivity index (χ0v) is 13.6. The molecule has 0 atom stereocenters. The summed E-state index contributed by atoms with van der Waals surface area (Å²) in [5.41, 5.74) is 0.118. The second kappa shape index (κ2) is 6.88. The van der Waals surface area contributed by atoms with Crippen molar-refractivity contribution in [2.75, 3.05) is 17.1 Å². The highest BCUT2D eigenvalue weighted by Gasteiger charge is 2.16. The molecule has 1 aromatic rings. The SMILES string of the molecule is CC(C)OCCS(=O)(=O)Nc1c(Cl)cc(F)cc1Br. The molecule has 4 nitrogen and oxygen atoms in total. The zero-order chi connectivity index (χ0) is 14.6. The summed E-state index contributed by atoms with van der Waals surface area (Å²) in [6.45, 7) is 3.70. The lowest BCUT2D eigenvalue weighted by molar-refractivity contribution is 0.0913. The molecule has 0 spiro atoms. The Bertz CT molecular complexity index is 528. The molecule has 1 N–H and O–H groups in total. The molecular weight excluding hydrogens is 361 g/mol. The normalized spacial score (nSPS) is 11.9. The van der Waals surface area contributed by atoms with Crippen LogP contribution in [0.4, 0.5) is 10.1 Å². The third kappa shape index (κ3) is 5.64. The summed E-state index contributed by atoms with van der Waals surface area (Å²) in [5.74, 6) is -0.756. The first kappa shape index (κ1) is 16.7. The fourth-order valence-electron chi connectivity index (χ4n) is 1.24. The van der Waals surface area contributed by atoms with Crippen molar-refractivity contribution < 1.29 is 17.5 Å². The van der Waals surface area contributed by atoms with Gasteiger partial charge in [0.05, 0.1) is 29.2 Å². The number of benzene rings is 1. The summed E-state index contributed by atoms with van der Waals surface area (Å²) >= 11 is 8.86. The van der Waals surface area contributed by atoms with Gasteiger partial charge in [-0.05, 0) is 41.9 Å². The monoisotopic (exact) mass is 373 g/mol. The Labute approximate surface area is 125 Å². The fourth-order valence-corrected chi connectivity index (χ4v) is 3.27. The molecule has 0 radical (unpaired) electrons. The molecule has 0 amide bonds. The molecule has 0 unspecified atom stereocenters. The van der Waals surface area contributed by atoms with Crippen LogP contribution < -0.4 is 4.72 Å². The predicted octanol–water partition coefficient (Wildman–Crippen LogP) is 3.41. The molecule has 1 rings (SSSR count). The predicted molar refractivity (Wildman–Crippen MR) is 77.6 cm³/mol. The van der Waals surface area contributed by atoms with Crippen molar-refractivity contribution in [3.05, 3.63) is 27.4 Å². The highest BCUT2D eigenvalue weighted by molar-refractivity contribution is 9.10. The van der Waals surface area contributed by atoms with Gasteiger partial charge in [-0.15, -0.1) is 0 Å². The standard InChI is InChI=1S/C11H14BrClFNO3S/c1-7(2)18-3-4-19(16,17)15-11-9(12)5-8(14)6-10(11)13/h5-7,15H,3-4H2,1-2H3. The van der Waals surface area contributed by atoms with Crippen LogP contribution in [0.1, 0.15) is 13.8 Å². The van der Waals surface area contributed by atoms with Gasteiger partial charge < -0.3 is 4.74 Å². The number of anilines is 1. The molecule has 0 fully saturated rings. The summed E-state index contributed by atoms with van der Waals surface area (Å²) in [6, 6.07) is 2.17. The zero-order valence-electron chi connectivity index (χ0n) is 10.4. The van der Waals surface area contributed by atoms with Gasteiger partial charge in [0.1, 0.15) is 5.82 Å². The van der Waals surface area contributed by atoms with Gasteiger partial charge in [0.15, 0.2) is 0 Å². The average molecular weight is 375 g/mol. The van der Waals surface area contributed by atoms with Crippen molar-refractivity contribution in [3.8, 4) is 0 Å². The first-order valence-corrected chi connectivity index (χ1v) is 8.30. The van der Waals surface area contributed by atoms with E-state index in [2.05, 4.69) is 20.7 Å². The van der Waals surface area contributed by atoms with Gasteiger partial charge in [-0.2, -0.15) is 0 Å². The topological polar surface area (TPSA) is 55.4 Å². The van der Waals surface area contributed by atoms with E-state index in [0.717, 1.165) is 12.1 Å². The molecule has 108 valence electrons. The molecule has 0 aromatic heterocycles. The van der Waals surface area contributed by atoms with Crippen molar-refractivity contribution in [1.82, 2.24) is 0 Å². The Morgan fingerprint density at radius 1 is 1.47 bits per heavy atom. The van der Waals surface area contributed by atoms with E-state index < -0.39 is 15.8 Å². The van der Waals surface area contributed by atoms with Crippen LogP contribution in [0, 0.1) is 5.82 Å². The second-order valence-corrected chi connectivity index (χ2v) is 7.19. The van der Waals surface area contributed by atoms with E-state index in [1.165, 1.54) is 0 Å². The van der Waals surface area contributed by atoms with Crippen molar-refractivity contribution in [2.45, 2.75) is 20.0 Å². The maximum absolute atomic E-state index is 13.0. The number of hydrogen-bond acceptors (Lipinski definition) is 3. The number of rotatable bonds is 6. The van der Waals surface area contributed by atoms with Crippen LogP contribution >= 0.6 is 27.5 Å². The van der Waals surface area contributed by atoms with E-state index >= 15 is 0 Å². The maximum Gasteiger partial charge on any atom is 0.235 e. The summed E-state index contributed by atoms with van der Waals surface area (Å²) < 4.78 is 44.3. The van der Waals surface area contributed by atoms with E-state index in [-0.39, 0.29) is 33.6 Å². The summed E-state index contributed by atoms with van der Waals surface area (Å²) in [6.07, 6.45) is -0.0451. The third-order valence-corrected chi connectivity index (χ3v) is 4.21. The number of nitrogens with one attached hydrogen (secondary N) is 1. The number of sulfonamides is 1. The minimum absolute atomic E-state index is 0.0137. The fraction of sp³-hybridized carbons (Fsp3) is 0.455. The molecule has 0 bridgehead atoms. The van der Waals surface area contributed by atoms with Crippen LogP contribution in [0.25, 0.3) is 0 Å². The van der Waals surface area contributed by atoms with Gasteiger partial charge in [-0.25, -0.2) is 12.8 Å². The minimum Gasteiger partial charge on any atom is -0.378 e. The Morgan fingerprint density at radius 2 is 2.11 bits per heavy atom. The lowest BCUT2D eigenvalue weighted by Crippen LogP contribution is -2.22. The molecule has 0 aliphatic heterocycles. The molecule has 1 aromatic carbocycles. The van der Waals surface area contributed by atoms with Crippen LogP contribution in [0.3, 0.4) is 0 Å². The number of halogens is 3. The van der Waals surface area contributed by atoms with Crippen LogP contribution in [-0.4, -0.2) is 26.9 Å². The Kier molecular flexibility index (Phi) is 6.04. The van der Waals surface area contributed by atoms with Crippen LogP contribution in [0.15, 0.2) is 16.6 Å². The third-order valence-electron chi connectivity index (χ3n) is 2.07. The smallest absolute Gasteiger partial charge is 0.235 e. The number of ether oxygens (including phenoxy) is 1. The quantitative estimate of drug-likeness (QED) is 0.830. The summed E-state index contributed by atoms with van der Waals surface area (Å²) in [4.78, 5) is 0. The Morgan fingerprint density at radius 3 is 2.63 bits per heavy atom. The molecule has 0 aliphatic rings. The molecule has 0 aliphatic carbocycles. The highest BCUT2D eigenvalue weighted by Crippen LogP contribution is 2.32. The van der Waals surface area contributed by atoms with E-state index in [1.54, 1.807) is 0 Å².